The average Bonchev–Trinajstić information content (AvgIpc) is 3.16. The smallest absolute Gasteiger partial charge is 0.390 e. The third kappa shape index (κ3) is 6.81. The predicted octanol–water partition coefficient (Wildman–Crippen LogP) is 3.61. The number of hydrogen-bond acceptors (Lipinski definition) is 4. The van der Waals surface area contributed by atoms with Crippen LogP contribution in [0.4, 0.5) is 13.2 Å². The minimum atomic E-state index is -4.53. The molecule has 0 aromatic heterocycles. The molecule has 1 aliphatic heterocycles. The van der Waals surface area contributed by atoms with E-state index in [0.29, 0.717) is 37.6 Å². The fraction of sp³-hybridized carbons (Fsp3) is 0.957. The number of aliphatic hydroxyl groups excluding tert-OH is 1. The number of piperidine rings is 1. The first kappa shape index (κ1) is 24.8. The second-order valence-corrected chi connectivity index (χ2v) is 11.0. The highest BCUT2D eigenvalue weighted by atomic mass is 19.4. The van der Waals surface area contributed by atoms with Gasteiger partial charge in [-0.15, -0.1) is 0 Å². The van der Waals surface area contributed by atoms with Gasteiger partial charge < -0.3 is 15.7 Å². The first-order chi connectivity index (χ1) is 14.4. The Morgan fingerprint density at radius 3 is 2.19 bits per heavy atom. The van der Waals surface area contributed by atoms with Gasteiger partial charge in [-0.25, -0.2) is 0 Å². The average molecular weight is 448 g/mol. The van der Waals surface area contributed by atoms with Gasteiger partial charge >= 0.3 is 6.18 Å². The fourth-order valence-corrected chi connectivity index (χ4v) is 5.74. The van der Waals surface area contributed by atoms with Crippen LogP contribution in [-0.4, -0.2) is 64.9 Å². The summed E-state index contributed by atoms with van der Waals surface area (Å²) in [6.45, 7) is 6.15. The van der Waals surface area contributed by atoms with Gasteiger partial charge in [0.05, 0.1) is 12.1 Å². The van der Waals surface area contributed by atoms with E-state index >= 15 is 0 Å². The number of halogens is 3. The Kier molecular flexibility index (Phi) is 7.96. The molecule has 31 heavy (non-hydrogen) atoms. The molecule has 3 rings (SSSR count). The molecule has 1 saturated heterocycles. The summed E-state index contributed by atoms with van der Waals surface area (Å²) in [5.41, 5.74) is -0.413. The van der Waals surface area contributed by atoms with E-state index < -0.39 is 29.9 Å². The monoisotopic (exact) mass is 447 g/mol. The maximum absolute atomic E-state index is 13.8. The Morgan fingerprint density at radius 2 is 1.61 bits per heavy atom. The number of nitrogens with zero attached hydrogens (tertiary/aromatic N) is 1. The molecular formula is C23H40F3N3O2. The van der Waals surface area contributed by atoms with E-state index in [1.807, 2.05) is 25.7 Å². The van der Waals surface area contributed by atoms with E-state index in [-0.39, 0.29) is 18.5 Å². The van der Waals surface area contributed by atoms with Crippen LogP contribution in [0.5, 0.6) is 0 Å². The van der Waals surface area contributed by atoms with Crippen LogP contribution in [0.25, 0.3) is 0 Å². The summed E-state index contributed by atoms with van der Waals surface area (Å²) in [5, 5.41) is 16.4. The molecule has 0 bridgehead atoms. The fourth-order valence-electron chi connectivity index (χ4n) is 5.74. The SMILES string of the molecule is CC(C)(C)NC(=O)[C@H]1C[C@H]2CCCC[C@H]2CN1CC(O)C(NC1CCCC1)C(F)(F)F. The molecule has 5 nitrogen and oxygen atoms in total. The molecule has 0 aromatic rings. The minimum Gasteiger partial charge on any atom is -0.390 e. The molecule has 0 radical (unpaired) electrons. The molecule has 8 heteroatoms. The number of carbonyl (C=O) groups is 1. The largest absolute Gasteiger partial charge is 0.406 e. The molecule has 1 heterocycles. The highest BCUT2D eigenvalue weighted by molar-refractivity contribution is 5.82. The first-order valence-electron chi connectivity index (χ1n) is 12.0. The zero-order chi connectivity index (χ0) is 22.8. The zero-order valence-electron chi connectivity index (χ0n) is 19.2. The van der Waals surface area contributed by atoms with Crippen LogP contribution in [0.1, 0.15) is 78.6 Å². The van der Waals surface area contributed by atoms with Crippen LogP contribution < -0.4 is 10.6 Å². The summed E-state index contributed by atoms with van der Waals surface area (Å²) >= 11 is 0. The number of hydrogen-bond donors (Lipinski definition) is 3. The summed E-state index contributed by atoms with van der Waals surface area (Å²) in [7, 11) is 0. The Hall–Kier alpha value is -0.860. The van der Waals surface area contributed by atoms with E-state index in [1.54, 1.807) is 0 Å². The lowest BCUT2D eigenvalue weighted by atomic mass is 9.72. The molecule has 180 valence electrons. The molecule has 0 spiro atoms. The highest BCUT2D eigenvalue weighted by Crippen LogP contribution is 2.39. The van der Waals surface area contributed by atoms with Crippen molar-refractivity contribution >= 4 is 5.91 Å². The maximum atomic E-state index is 13.8. The van der Waals surface area contributed by atoms with Crippen molar-refractivity contribution in [2.75, 3.05) is 13.1 Å². The van der Waals surface area contributed by atoms with Gasteiger partial charge in [-0.1, -0.05) is 32.1 Å². The maximum Gasteiger partial charge on any atom is 0.406 e. The van der Waals surface area contributed by atoms with Crippen molar-refractivity contribution in [3.63, 3.8) is 0 Å². The minimum absolute atomic E-state index is 0.143. The molecular weight excluding hydrogens is 407 g/mol. The number of alkyl halides is 3. The van der Waals surface area contributed by atoms with Crippen LogP contribution in [0.15, 0.2) is 0 Å². The molecule has 2 aliphatic carbocycles. The molecule has 2 unspecified atom stereocenters. The number of fused-ring (bicyclic) bond motifs is 1. The van der Waals surface area contributed by atoms with Gasteiger partial charge in [-0.3, -0.25) is 9.69 Å². The normalized spacial score (nSPS) is 30.6. The molecule has 3 aliphatic rings. The van der Waals surface area contributed by atoms with E-state index in [9.17, 15) is 23.1 Å². The predicted molar refractivity (Wildman–Crippen MR) is 115 cm³/mol. The van der Waals surface area contributed by atoms with E-state index in [4.69, 9.17) is 0 Å². The molecule has 0 aromatic carbocycles. The van der Waals surface area contributed by atoms with Crippen molar-refractivity contribution in [1.29, 1.82) is 0 Å². The van der Waals surface area contributed by atoms with Gasteiger partial charge in [0.25, 0.3) is 0 Å². The quantitative estimate of drug-likeness (QED) is 0.582. The van der Waals surface area contributed by atoms with Crippen LogP contribution in [0.3, 0.4) is 0 Å². The Balaban J connectivity index is 1.73. The summed E-state index contributed by atoms with van der Waals surface area (Å²) in [6.07, 6.45) is 2.19. The van der Waals surface area contributed by atoms with E-state index in [0.717, 1.165) is 38.5 Å². The standard InChI is InChI=1S/C23H40F3N3O2/c1-22(2,3)28-21(31)18-12-15-8-4-5-9-16(15)13-29(18)14-19(30)20(23(24,25)26)27-17-10-6-7-11-17/h15-20,27,30H,4-14H2,1-3H3,(H,28,31)/t15-,16+,18-,19?,20?/m1/s1. The van der Waals surface area contributed by atoms with Crippen LogP contribution in [0.2, 0.25) is 0 Å². The lowest BCUT2D eigenvalue weighted by Gasteiger charge is -2.47. The lowest BCUT2D eigenvalue weighted by Crippen LogP contribution is -2.62. The zero-order valence-corrected chi connectivity index (χ0v) is 19.2. The Labute approximate surface area is 184 Å². The number of amides is 1. The van der Waals surface area contributed by atoms with E-state index in [2.05, 4.69) is 10.6 Å². The second-order valence-electron chi connectivity index (χ2n) is 11.0. The third-order valence-electron chi connectivity index (χ3n) is 7.23. The number of β-amino-alcohol motifs (C(OH)–C–C–N with tert-alkyl or cyclic N) is 1. The van der Waals surface area contributed by atoms with Crippen molar-refractivity contribution in [2.45, 2.75) is 115 Å². The van der Waals surface area contributed by atoms with E-state index in [1.165, 1.54) is 0 Å². The lowest BCUT2D eigenvalue weighted by molar-refractivity contribution is -0.183. The van der Waals surface area contributed by atoms with Crippen molar-refractivity contribution < 1.29 is 23.1 Å². The second kappa shape index (κ2) is 9.96. The summed E-state index contributed by atoms with van der Waals surface area (Å²) in [4.78, 5) is 14.9. The molecule has 2 saturated carbocycles. The summed E-state index contributed by atoms with van der Waals surface area (Å²) in [6, 6.07) is -2.66. The Morgan fingerprint density at radius 1 is 1.03 bits per heavy atom. The van der Waals surface area contributed by atoms with Crippen LogP contribution >= 0.6 is 0 Å². The van der Waals surface area contributed by atoms with Gasteiger partial charge in [-0.05, 0) is 58.3 Å². The van der Waals surface area contributed by atoms with Gasteiger partial charge in [0.2, 0.25) is 5.91 Å². The number of nitrogens with one attached hydrogen (secondary N) is 2. The molecule has 1 amide bonds. The number of carbonyl (C=O) groups excluding carboxylic acids is 1. The van der Waals surface area contributed by atoms with Crippen molar-refractivity contribution in [3.8, 4) is 0 Å². The molecule has 3 N–H and O–H groups in total. The van der Waals surface area contributed by atoms with Gasteiger partial charge in [0, 0.05) is 24.7 Å². The number of rotatable bonds is 6. The van der Waals surface area contributed by atoms with Crippen molar-refractivity contribution in [3.05, 3.63) is 0 Å². The van der Waals surface area contributed by atoms with Gasteiger partial charge in [0.15, 0.2) is 0 Å². The topological polar surface area (TPSA) is 64.6 Å². The summed E-state index contributed by atoms with van der Waals surface area (Å²) < 4.78 is 41.4. The van der Waals surface area contributed by atoms with Gasteiger partial charge in [0.1, 0.15) is 6.04 Å². The summed E-state index contributed by atoms with van der Waals surface area (Å²) in [5.74, 6) is 0.690. The van der Waals surface area contributed by atoms with Gasteiger partial charge in [-0.2, -0.15) is 13.2 Å². The van der Waals surface area contributed by atoms with Crippen molar-refractivity contribution in [1.82, 2.24) is 15.5 Å². The highest BCUT2D eigenvalue weighted by Gasteiger charge is 2.48. The third-order valence-corrected chi connectivity index (χ3v) is 7.23. The molecule has 5 atom stereocenters. The number of aliphatic hydroxyl groups is 1. The van der Waals surface area contributed by atoms with Crippen LogP contribution in [-0.2, 0) is 4.79 Å². The number of likely N-dealkylation sites (tertiary alicyclic amines) is 1. The van der Waals surface area contributed by atoms with Crippen LogP contribution in [0, 0.1) is 11.8 Å². The first-order valence-corrected chi connectivity index (χ1v) is 12.0. The Bertz CT molecular complexity index is 602. The van der Waals surface area contributed by atoms with Crippen molar-refractivity contribution in [2.24, 2.45) is 11.8 Å². The molecule has 3 fully saturated rings.